The van der Waals surface area contributed by atoms with Gasteiger partial charge < -0.3 is 15.1 Å². The molecule has 0 aromatic carbocycles. The van der Waals surface area contributed by atoms with Crippen LogP contribution in [0.15, 0.2) is 30.5 Å². The molecule has 2 aliphatic rings. The minimum absolute atomic E-state index is 0.134. The Kier molecular flexibility index (Phi) is 5.89. The maximum absolute atomic E-state index is 4.74. The lowest BCUT2D eigenvalue weighted by atomic mass is 10.0. The summed E-state index contributed by atoms with van der Waals surface area (Å²) in [6.07, 6.45) is 6.55. The summed E-state index contributed by atoms with van der Waals surface area (Å²) in [4.78, 5) is 9.41. The van der Waals surface area contributed by atoms with E-state index in [1.54, 1.807) is 0 Å². The molecular weight excluding hydrogens is 372 g/mol. The predicted molar refractivity (Wildman–Crippen MR) is 124 cm³/mol. The molecule has 4 rings (SSSR count). The highest BCUT2D eigenvalue weighted by atomic mass is 15.3. The van der Waals surface area contributed by atoms with Gasteiger partial charge in [-0.3, -0.25) is 4.98 Å². The van der Waals surface area contributed by atoms with E-state index in [0.29, 0.717) is 6.04 Å². The Balaban J connectivity index is 1.46. The Hall–Kier alpha value is -2.31. The van der Waals surface area contributed by atoms with Crippen LogP contribution < -0.4 is 10.2 Å². The van der Waals surface area contributed by atoms with Crippen LogP contribution in [0.4, 0.5) is 5.82 Å². The van der Waals surface area contributed by atoms with E-state index in [1.165, 1.54) is 11.1 Å². The van der Waals surface area contributed by atoms with Gasteiger partial charge in [-0.15, -0.1) is 10.2 Å². The molecule has 0 amide bonds. The third-order valence-corrected chi connectivity index (χ3v) is 5.83. The lowest BCUT2D eigenvalue weighted by molar-refractivity contribution is 0.373. The van der Waals surface area contributed by atoms with Gasteiger partial charge in [-0.25, -0.2) is 0 Å². The van der Waals surface area contributed by atoms with Crippen LogP contribution in [0.1, 0.15) is 44.7 Å². The molecule has 1 saturated heterocycles. The van der Waals surface area contributed by atoms with Crippen molar-refractivity contribution in [2.75, 3.05) is 38.1 Å². The Labute approximate surface area is 180 Å². The zero-order valence-corrected chi connectivity index (χ0v) is 18.9. The molecule has 0 saturated carbocycles. The number of nitrogens with zero attached hydrogens (tertiary/aromatic N) is 5. The van der Waals surface area contributed by atoms with E-state index >= 15 is 0 Å². The average Bonchev–Trinajstić information content (AvgIpc) is 3.15. The van der Waals surface area contributed by atoms with Crippen molar-refractivity contribution in [2.45, 2.75) is 52.1 Å². The van der Waals surface area contributed by atoms with E-state index < -0.39 is 0 Å². The van der Waals surface area contributed by atoms with Gasteiger partial charge in [0.25, 0.3) is 0 Å². The number of hydrogen-bond acceptors (Lipinski definition) is 6. The first-order valence-electron chi connectivity index (χ1n) is 11.0. The van der Waals surface area contributed by atoms with E-state index in [1.807, 2.05) is 6.20 Å². The molecule has 0 bridgehead atoms. The Bertz CT molecular complexity index is 912. The molecule has 0 aliphatic carbocycles. The topological polar surface area (TPSA) is 57.2 Å². The van der Waals surface area contributed by atoms with Crippen LogP contribution in [0.25, 0.3) is 17.0 Å². The van der Waals surface area contributed by atoms with Gasteiger partial charge >= 0.3 is 0 Å². The minimum Gasteiger partial charge on any atom is -0.354 e. The largest absolute Gasteiger partial charge is 0.354 e. The Morgan fingerprint density at radius 3 is 2.63 bits per heavy atom. The number of likely N-dealkylation sites (N-methyl/N-ethyl adjacent to an activating group) is 1. The number of anilines is 1. The van der Waals surface area contributed by atoms with Gasteiger partial charge in [-0.05, 0) is 82.5 Å². The van der Waals surface area contributed by atoms with Crippen LogP contribution in [0.3, 0.4) is 0 Å². The third kappa shape index (κ3) is 4.87. The van der Waals surface area contributed by atoms with E-state index in [2.05, 4.69) is 84.3 Å². The van der Waals surface area contributed by atoms with Gasteiger partial charge in [-0.1, -0.05) is 6.08 Å². The van der Waals surface area contributed by atoms with Crippen molar-refractivity contribution in [3.63, 3.8) is 0 Å². The molecule has 6 heteroatoms. The number of hydrogen-bond donors (Lipinski definition) is 1. The fourth-order valence-corrected chi connectivity index (χ4v) is 4.44. The van der Waals surface area contributed by atoms with Crippen molar-refractivity contribution in [1.82, 2.24) is 25.4 Å². The minimum atomic E-state index is 0.134. The monoisotopic (exact) mass is 406 g/mol. The molecule has 1 fully saturated rings. The van der Waals surface area contributed by atoms with E-state index in [-0.39, 0.29) is 5.54 Å². The standard InChI is InChI=1S/C24H34N6/c1-17-13-19(18-7-6-11-29(5)15-18)14-25-23(17)21-8-9-22(28-27-21)30-12-10-20(16-30)26-24(2,3)4/h7-9,13-14,20,26H,6,10-12,15-16H2,1-5H3. The van der Waals surface area contributed by atoms with E-state index in [0.717, 1.165) is 61.8 Å². The lowest BCUT2D eigenvalue weighted by Gasteiger charge is -2.26. The number of aryl methyl sites for hydroxylation is 1. The molecule has 2 aromatic rings. The number of nitrogens with one attached hydrogen (secondary N) is 1. The fourth-order valence-electron chi connectivity index (χ4n) is 4.44. The molecule has 160 valence electrons. The van der Waals surface area contributed by atoms with Crippen molar-refractivity contribution in [2.24, 2.45) is 0 Å². The maximum atomic E-state index is 4.74. The highest BCUT2D eigenvalue weighted by Crippen LogP contribution is 2.26. The highest BCUT2D eigenvalue weighted by molar-refractivity contribution is 5.70. The van der Waals surface area contributed by atoms with Gasteiger partial charge in [0.2, 0.25) is 0 Å². The first kappa shape index (κ1) is 20.9. The predicted octanol–water partition coefficient (Wildman–Crippen LogP) is 3.53. The molecule has 4 heterocycles. The second kappa shape index (κ2) is 8.44. The summed E-state index contributed by atoms with van der Waals surface area (Å²) in [6, 6.07) is 6.85. The van der Waals surface area contributed by atoms with E-state index in [4.69, 9.17) is 4.98 Å². The number of rotatable bonds is 4. The molecule has 2 aromatic heterocycles. The summed E-state index contributed by atoms with van der Waals surface area (Å²) in [5.41, 5.74) is 5.59. The van der Waals surface area contributed by atoms with Gasteiger partial charge in [0.15, 0.2) is 5.82 Å². The van der Waals surface area contributed by atoms with Crippen molar-refractivity contribution < 1.29 is 0 Å². The first-order valence-corrected chi connectivity index (χ1v) is 11.0. The van der Waals surface area contributed by atoms with Crippen LogP contribution in [-0.4, -0.2) is 64.9 Å². The number of aromatic nitrogens is 3. The molecule has 1 N–H and O–H groups in total. The molecule has 30 heavy (non-hydrogen) atoms. The number of pyridine rings is 1. The molecule has 0 radical (unpaired) electrons. The van der Waals surface area contributed by atoms with Gasteiger partial charge in [-0.2, -0.15) is 0 Å². The smallest absolute Gasteiger partial charge is 0.151 e. The average molecular weight is 407 g/mol. The lowest BCUT2D eigenvalue weighted by Crippen LogP contribution is -2.45. The van der Waals surface area contributed by atoms with Crippen LogP contribution in [0, 0.1) is 6.92 Å². The summed E-state index contributed by atoms with van der Waals surface area (Å²) in [7, 11) is 2.17. The zero-order chi connectivity index (χ0) is 21.3. The van der Waals surface area contributed by atoms with Gasteiger partial charge in [0.1, 0.15) is 5.69 Å². The van der Waals surface area contributed by atoms with Crippen molar-refractivity contribution in [1.29, 1.82) is 0 Å². The molecule has 2 aliphatic heterocycles. The molecular formula is C24H34N6. The summed E-state index contributed by atoms with van der Waals surface area (Å²) >= 11 is 0. The molecule has 6 nitrogen and oxygen atoms in total. The van der Waals surface area contributed by atoms with Gasteiger partial charge in [0, 0.05) is 44.0 Å². The summed E-state index contributed by atoms with van der Waals surface area (Å²) < 4.78 is 0. The quantitative estimate of drug-likeness (QED) is 0.838. The van der Waals surface area contributed by atoms with E-state index in [9.17, 15) is 0 Å². The van der Waals surface area contributed by atoms with Crippen LogP contribution in [0.5, 0.6) is 0 Å². The first-order chi connectivity index (χ1) is 14.3. The SMILES string of the molecule is Cc1cc(C2=CCCN(C)C2)cnc1-c1ccc(N2CCC(NC(C)(C)C)C2)nn1. The van der Waals surface area contributed by atoms with Crippen LogP contribution in [-0.2, 0) is 0 Å². The van der Waals surface area contributed by atoms with Crippen LogP contribution in [0.2, 0.25) is 0 Å². The van der Waals surface area contributed by atoms with Crippen molar-refractivity contribution in [3.05, 3.63) is 41.6 Å². The summed E-state index contributed by atoms with van der Waals surface area (Å²) in [5, 5.41) is 12.7. The van der Waals surface area contributed by atoms with Gasteiger partial charge in [0.05, 0.1) is 5.69 Å². The second-order valence-electron chi connectivity index (χ2n) is 9.75. The normalized spacial score (nSPS) is 20.5. The maximum Gasteiger partial charge on any atom is 0.151 e. The highest BCUT2D eigenvalue weighted by Gasteiger charge is 2.26. The Morgan fingerprint density at radius 2 is 1.97 bits per heavy atom. The zero-order valence-electron chi connectivity index (χ0n) is 18.9. The third-order valence-electron chi connectivity index (χ3n) is 5.83. The van der Waals surface area contributed by atoms with Crippen molar-refractivity contribution in [3.8, 4) is 11.4 Å². The fraction of sp³-hybridized carbons (Fsp3) is 0.542. The molecule has 1 atom stereocenters. The summed E-state index contributed by atoms with van der Waals surface area (Å²) in [6.45, 7) is 12.8. The molecule has 1 unspecified atom stereocenters. The van der Waals surface area contributed by atoms with Crippen molar-refractivity contribution >= 4 is 11.4 Å². The Morgan fingerprint density at radius 1 is 1.13 bits per heavy atom. The molecule has 0 spiro atoms. The summed E-state index contributed by atoms with van der Waals surface area (Å²) in [5.74, 6) is 0.946. The van der Waals surface area contributed by atoms with Crippen LogP contribution >= 0.6 is 0 Å². The second-order valence-corrected chi connectivity index (χ2v) is 9.75.